The van der Waals surface area contributed by atoms with E-state index >= 15 is 4.39 Å². The molecular weight excluding hydrogens is 491 g/mol. The molecule has 0 saturated carbocycles. The Hall–Kier alpha value is -4.32. The standard InChI is InChI=1S/C24H21FN4O6S/c1-14-17-8-7-16(34-24-27-9-4-10-28-24)12-20(17)35-23(31)18(14)11-15-5-3-6-19(22(15)25)29-36(32,33)13-21(30)26-2/h3-10,12,29H,11,13H2,1-2H3,(H,26,30). The lowest BCUT2D eigenvalue weighted by Gasteiger charge is -2.13. The molecular formula is C24H21FN4O6S. The number of carbonyl (C=O) groups excluding carboxylic acids is 1. The van der Waals surface area contributed by atoms with E-state index in [1.807, 2.05) is 0 Å². The normalized spacial score (nSPS) is 11.3. The number of nitrogens with zero attached hydrogens (tertiary/aromatic N) is 2. The first-order chi connectivity index (χ1) is 17.2. The number of rotatable bonds is 8. The van der Waals surface area contributed by atoms with Gasteiger partial charge in [0, 0.05) is 42.9 Å². The predicted molar refractivity (Wildman–Crippen MR) is 130 cm³/mol. The van der Waals surface area contributed by atoms with Gasteiger partial charge in [-0.25, -0.2) is 27.6 Å². The zero-order valence-corrected chi connectivity index (χ0v) is 20.1. The lowest BCUT2D eigenvalue weighted by atomic mass is 9.99. The lowest BCUT2D eigenvalue weighted by molar-refractivity contribution is -0.118. The minimum Gasteiger partial charge on any atom is -0.424 e. The third-order valence-corrected chi connectivity index (χ3v) is 6.49. The van der Waals surface area contributed by atoms with Crippen LogP contribution >= 0.6 is 0 Å². The minimum absolute atomic E-state index is 0.0751. The molecule has 1 amide bonds. The van der Waals surface area contributed by atoms with Gasteiger partial charge in [0.25, 0.3) is 0 Å². The molecule has 2 aromatic carbocycles. The maximum absolute atomic E-state index is 15.2. The van der Waals surface area contributed by atoms with Crippen LogP contribution in [-0.2, 0) is 21.2 Å². The summed E-state index contributed by atoms with van der Waals surface area (Å²) in [5.74, 6) is -2.09. The van der Waals surface area contributed by atoms with E-state index in [-0.39, 0.29) is 34.8 Å². The van der Waals surface area contributed by atoms with E-state index in [4.69, 9.17) is 9.15 Å². The zero-order chi connectivity index (χ0) is 25.9. The second-order valence-corrected chi connectivity index (χ2v) is 9.50. The first-order valence-corrected chi connectivity index (χ1v) is 12.3. The van der Waals surface area contributed by atoms with E-state index in [0.717, 1.165) is 0 Å². The van der Waals surface area contributed by atoms with Gasteiger partial charge in [0.15, 0.2) is 5.82 Å². The molecule has 10 nitrogen and oxygen atoms in total. The number of anilines is 1. The summed E-state index contributed by atoms with van der Waals surface area (Å²) in [5, 5.41) is 2.82. The average molecular weight is 513 g/mol. The topological polar surface area (TPSA) is 140 Å². The van der Waals surface area contributed by atoms with Gasteiger partial charge in [-0.2, -0.15) is 0 Å². The number of ether oxygens (including phenoxy) is 1. The zero-order valence-electron chi connectivity index (χ0n) is 19.2. The summed E-state index contributed by atoms with van der Waals surface area (Å²) in [6.07, 6.45) is 2.92. The van der Waals surface area contributed by atoms with Crippen LogP contribution in [0.25, 0.3) is 11.0 Å². The molecule has 0 saturated heterocycles. The molecule has 0 unspecified atom stereocenters. The van der Waals surface area contributed by atoms with Crippen molar-refractivity contribution in [3.05, 3.63) is 87.8 Å². The van der Waals surface area contributed by atoms with Crippen LogP contribution in [0, 0.1) is 12.7 Å². The number of nitrogens with one attached hydrogen (secondary N) is 2. The van der Waals surface area contributed by atoms with Gasteiger partial charge in [-0.3, -0.25) is 9.52 Å². The Balaban J connectivity index is 1.63. The summed E-state index contributed by atoms with van der Waals surface area (Å²) < 4.78 is 52.6. The number of hydrogen-bond donors (Lipinski definition) is 2. The average Bonchev–Trinajstić information content (AvgIpc) is 2.84. The third-order valence-electron chi connectivity index (χ3n) is 5.32. The van der Waals surface area contributed by atoms with Crippen LogP contribution in [0.1, 0.15) is 16.7 Å². The molecule has 0 spiro atoms. The van der Waals surface area contributed by atoms with E-state index in [1.54, 1.807) is 25.1 Å². The quantitative estimate of drug-likeness (QED) is 0.344. The number of aryl methyl sites for hydroxylation is 1. The van der Waals surface area contributed by atoms with Gasteiger partial charge >= 0.3 is 11.6 Å². The molecule has 36 heavy (non-hydrogen) atoms. The van der Waals surface area contributed by atoms with E-state index in [0.29, 0.717) is 16.7 Å². The highest BCUT2D eigenvalue weighted by atomic mass is 32.2. The molecule has 4 rings (SSSR count). The van der Waals surface area contributed by atoms with Gasteiger partial charge in [0.2, 0.25) is 15.9 Å². The maximum Gasteiger partial charge on any atom is 0.340 e. The molecule has 0 atom stereocenters. The molecule has 2 aromatic heterocycles. The smallest absolute Gasteiger partial charge is 0.340 e. The summed E-state index contributed by atoms with van der Waals surface area (Å²) >= 11 is 0. The number of sulfonamides is 1. The van der Waals surface area contributed by atoms with Crippen LogP contribution in [0.3, 0.4) is 0 Å². The van der Waals surface area contributed by atoms with Crippen LogP contribution < -0.4 is 20.4 Å². The SMILES string of the molecule is CNC(=O)CS(=O)(=O)Nc1cccc(Cc2c(C)c3ccc(Oc4ncccn4)cc3oc2=O)c1F. The Morgan fingerprint density at radius 3 is 2.61 bits per heavy atom. The molecule has 0 aliphatic carbocycles. The Labute approximate surface area is 205 Å². The van der Waals surface area contributed by atoms with Crippen molar-refractivity contribution in [1.82, 2.24) is 15.3 Å². The van der Waals surface area contributed by atoms with Crippen LogP contribution in [-0.4, -0.2) is 37.1 Å². The molecule has 2 heterocycles. The summed E-state index contributed by atoms with van der Waals surface area (Å²) in [7, 11) is -2.84. The van der Waals surface area contributed by atoms with Gasteiger partial charge in [-0.05, 0) is 42.3 Å². The Bertz CT molecular complexity index is 1610. The number of benzene rings is 2. The lowest BCUT2D eigenvalue weighted by Crippen LogP contribution is -2.30. The number of hydrogen-bond acceptors (Lipinski definition) is 8. The van der Waals surface area contributed by atoms with Crippen molar-refractivity contribution in [3.63, 3.8) is 0 Å². The molecule has 186 valence electrons. The fraction of sp³-hybridized carbons (Fsp3) is 0.167. The van der Waals surface area contributed by atoms with Crippen molar-refractivity contribution in [2.75, 3.05) is 17.5 Å². The monoisotopic (exact) mass is 512 g/mol. The van der Waals surface area contributed by atoms with Crippen LogP contribution in [0.15, 0.2) is 64.1 Å². The van der Waals surface area contributed by atoms with Crippen molar-refractivity contribution in [3.8, 4) is 11.8 Å². The molecule has 4 aromatic rings. The van der Waals surface area contributed by atoms with Gasteiger partial charge in [0.05, 0.1) is 5.69 Å². The van der Waals surface area contributed by atoms with Gasteiger partial charge < -0.3 is 14.5 Å². The van der Waals surface area contributed by atoms with E-state index in [1.165, 1.54) is 43.7 Å². The van der Waals surface area contributed by atoms with Crippen molar-refractivity contribution in [2.24, 2.45) is 0 Å². The highest BCUT2D eigenvalue weighted by Gasteiger charge is 2.20. The molecule has 0 radical (unpaired) electrons. The summed E-state index contributed by atoms with van der Waals surface area (Å²) in [4.78, 5) is 32.2. The van der Waals surface area contributed by atoms with Crippen LogP contribution in [0.2, 0.25) is 0 Å². The number of aromatic nitrogens is 2. The van der Waals surface area contributed by atoms with Crippen molar-refractivity contribution < 1.29 is 26.8 Å². The third kappa shape index (κ3) is 5.49. The first kappa shape index (κ1) is 24.8. The van der Waals surface area contributed by atoms with E-state index in [2.05, 4.69) is 20.0 Å². The Kier molecular flexibility index (Phi) is 6.97. The minimum atomic E-state index is -4.13. The number of halogens is 1. The molecule has 0 bridgehead atoms. The Morgan fingerprint density at radius 1 is 1.14 bits per heavy atom. The number of fused-ring (bicyclic) bond motifs is 1. The second-order valence-electron chi connectivity index (χ2n) is 7.77. The Morgan fingerprint density at radius 2 is 1.89 bits per heavy atom. The summed E-state index contributed by atoms with van der Waals surface area (Å²) in [6, 6.07) is 10.8. The van der Waals surface area contributed by atoms with Crippen molar-refractivity contribution >= 4 is 32.6 Å². The molecule has 0 aliphatic rings. The maximum atomic E-state index is 15.2. The second kappa shape index (κ2) is 10.1. The van der Waals surface area contributed by atoms with Crippen molar-refractivity contribution in [2.45, 2.75) is 13.3 Å². The van der Waals surface area contributed by atoms with E-state index in [9.17, 15) is 18.0 Å². The van der Waals surface area contributed by atoms with Crippen LogP contribution in [0.4, 0.5) is 10.1 Å². The highest BCUT2D eigenvalue weighted by Crippen LogP contribution is 2.28. The predicted octanol–water partition coefficient (Wildman–Crippen LogP) is 2.90. The van der Waals surface area contributed by atoms with E-state index < -0.39 is 33.1 Å². The summed E-state index contributed by atoms with van der Waals surface area (Å²) in [6.45, 7) is 1.71. The van der Waals surface area contributed by atoms with Gasteiger partial charge in [0.1, 0.15) is 17.1 Å². The van der Waals surface area contributed by atoms with Gasteiger partial charge in [-0.1, -0.05) is 12.1 Å². The fourth-order valence-electron chi connectivity index (χ4n) is 3.52. The van der Waals surface area contributed by atoms with Crippen molar-refractivity contribution in [1.29, 1.82) is 0 Å². The largest absolute Gasteiger partial charge is 0.424 e. The molecule has 12 heteroatoms. The number of carbonyl (C=O) groups is 1. The van der Waals surface area contributed by atoms with Gasteiger partial charge in [-0.15, -0.1) is 0 Å². The fourth-order valence-corrected chi connectivity index (χ4v) is 4.57. The highest BCUT2D eigenvalue weighted by molar-refractivity contribution is 7.93. The molecule has 2 N–H and O–H groups in total. The first-order valence-electron chi connectivity index (χ1n) is 10.7. The number of amides is 1. The molecule has 0 fully saturated rings. The summed E-state index contributed by atoms with van der Waals surface area (Å²) in [5.41, 5.74) is 0.139. The van der Waals surface area contributed by atoms with Crippen LogP contribution in [0.5, 0.6) is 11.8 Å². The molecule has 0 aliphatic heterocycles.